The van der Waals surface area contributed by atoms with Gasteiger partial charge in [0.2, 0.25) is 11.1 Å². The zero-order valence-electron chi connectivity index (χ0n) is 18.4. The van der Waals surface area contributed by atoms with Crippen molar-refractivity contribution in [1.29, 1.82) is 0 Å². The van der Waals surface area contributed by atoms with E-state index in [2.05, 4.69) is 27.4 Å². The zero-order chi connectivity index (χ0) is 25.0. The average molecular weight is 517 g/mol. The molecule has 4 rings (SSSR count). The third-order valence-electron chi connectivity index (χ3n) is 5.22. The number of anilines is 1. The molecule has 0 fully saturated rings. The van der Waals surface area contributed by atoms with Gasteiger partial charge in [-0.05, 0) is 35.7 Å². The molecule has 1 atom stereocenters. The molecule has 180 valence electrons. The fraction of sp³-hybridized carbons (Fsp3) is 0.160. The van der Waals surface area contributed by atoms with Crippen LogP contribution in [0.4, 0.5) is 18.9 Å². The van der Waals surface area contributed by atoms with Gasteiger partial charge in [-0.25, -0.2) is 4.98 Å². The van der Waals surface area contributed by atoms with Crippen LogP contribution in [0, 0.1) is 0 Å². The van der Waals surface area contributed by atoms with E-state index in [1.165, 1.54) is 5.56 Å². The highest BCUT2D eigenvalue weighted by Crippen LogP contribution is 2.37. The second-order valence-corrected chi connectivity index (χ2v) is 9.09. The quantitative estimate of drug-likeness (QED) is 0.255. The van der Waals surface area contributed by atoms with Crippen LogP contribution >= 0.6 is 23.4 Å². The number of hydrogen-bond donors (Lipinski definition) is 2. The Balaban J connectivity index is 1.59. The fourth-order valence-corrected chi connectivity index (χ4v) is 4.41. The van der Waals surface area contributed by atoms with E-state index in [4.69, 9.17) is 11.6 Å². The largest absolute Gasteiger partial charge is 0.416 e. The number of aryl methyl sites for hydroxylation is 1. The van der Waals surface area contributed by atoms with Crippen molar-refractivity contribution in [2.75, 3.05) is 5.32 Å². The minimum atomic E-state index is -4.57. The van der Waals surface area contributed by atoms with E-state index in [0.717, 1.165) is 41.9 Å². The van der Waals surface area contributed by atoms with E-state index in [0.29, 0.717) is 16.5 Å². The monoisotopic (exact) mass is 516 g/mol. The van der Waals surface area contributed by atoms with E-state index < -0.39 is 22.9 Å². The first kappa shape index (κ1) is 24.8. The SMILES string of the molecule is CCc1ccc(-c2nc(S[C@H](C(=O)Nc3cc(C(F)(F)F)ccc3Cl)c3ccccc3)n[nH]2)cc1. The maximum atomic E-state index is 13.2. The number of amides is 1. The lowest BCUT2D eigenvalue weighted by molar-refractivity contribution is -0.137. The summed E-state index contributed by atoms with van der Waals surface area (Å²) in [5.74, 6) is -0.00984. The lowest BCUT2D eigenvalue weighted by Crippen LogP contribution is -2.20. The van der Waals surface area contributed by atoms with Crippen LogP contribution in [-0.4, -0.2) is 21.1 Å². The number of carbonyl (C=O) groups is 1. The normalized spacial score (nSPS) is 12.4. The Morgan fingerprint density at radius 3 is 2.46 bits per heavy atom. The minimum absolute atomic E-state index is 0.00105. The van der Waals surface area contributed by atoms with E-state index in [9.17, 15) is 18.0 Å². The molecule has 1 heterocycles. The lowest BCUT2D eigenvalue weighted by atomic mass is 10.1. The zero-order valence-corrected chi connectivity index (χ0v) is 20.0. The summed E-state index contributed by atoms with van der Waals surface area (Å²) in [6.45, 7) is 2.07. The topological polar surface area (TPSA) is 70.7 Å². The number of H-pyrrole nitrogens is 1. The van der Waals surface area contributed by atoms with Crippen LogP contribution in [0.2, 0.25) is 5.02 Å². The molecule has 1 amide bonds. The van der Waals surface area contributed by atoms with Gasteiger partial charge in [0.1, 0.15) is 5.25 Å². The standard InChI is InChI=1S/C25H20ClF3N4OS/c1-2-15-8-10-17(11-9-15)22-31-24(33-32-22)35-21(16-6-4-3-5-7-16)23(34)30-20-14-18(25(27,28)29)12-13-19(20)26/h3-14,21H,2H2,1H3,(H,30,34)(H,31,32,33)/t21-/m0/s1. The Bertz CT molecular complexity index is 1310. The molecule has 0 aliphatic rings. The van der Waals surface area contributed by atoms with Crippen LogP contribution in [0.15, 0.2) is 78.0 Å². The molecule has 0 spiro atoms. The van der Waals surface area contributed by atoms with E-state index >= 15 is 0 Å². The first-order valence-electron chi connectivity index (χ1n) is 10.7. The van der Waals surface area contributed by atoms with Crippen LogP contribution in [0.1, 0.15) is 28.9 Å². The summed E-state index contributed by atoms with van der Waals surface area (Å²) in [5, 5.41) is 9.12. The number of hydrogen-bond acceptors (Lipinski definition) is 4. The number of halogens is 4. The van der Waals surface area contributed by atoms with Gasteiger partial charge >= 0.3 is 6.18 Å². The number of aromatic nitrogens is 3. The van der Waals surface area contributed by atoms with Gasteiger partial charge in [-0.1, -0.05) is 84.9 Å². The van der Waals surface area contributed by atoms with Crippen molar-refractivity contribution >= 4 is 35.0 Å². The third-order valence-corrected chi connectivity index (χ3v) is 6.66. The molecule has 0 saturated heterocycles. The van der Waals surface area contributed by atoms with Gasteiger partial charge in [-0.3, -0.25) is 9.89 Å². The highest BCUT2D eigenvalue weighted by molar-refractivity contribution is 8.00. The first-order valence-corrected chi connectivity index (χ1v) is 11.9. The molecule has 1 aromatic heterocycles. The molecule has 0 aliphatic heterocycles. The van der Waals surface area contributed by atoms with Crippen molar-refractivity contribution in [3.63, 3.8) is 0 Å². The Morgan fingerprint density at radius 1 is 1.09 bits per heavy atom. The van der Waals surface area contributed by atoms with Crippen molar-refractivity contribution in [3.05, 3.63) is 94.5 Å². The third kappa shape index (κ3) is 6.04. The number of benzene rings is 3. The minimum Gasteiger partial charge on any atom is -0.323 e. The highest BCUT2D eigenvalue weighted by Gasteiger charge is 2.32. The summed E-state index contributed by atoms with van der Waals surface area (Å²) in [4.78, 5) is 17.7. The molecule has 0 saturated carbocycles. The van der Waals surface area contributed by atoms with Gasteiger partial charge in [-0.2, -0.15) is 13.2 Å². The van der Waals surface area contributed by atoms with Gasteiger partial charge in [0.15, 0.2) is 5.82 Å². The molecule has 0 unspecified atom stereocenters. The van der Waals surface area contributed by atoms with Gasteiger partial charge in [0, 0.05) is 5.56 Å². The Kier molecular flexibility index (Phi) is 7.47. The van der Waals surface area contributed by atoms with Gasteiger partial charge in [0.05, 0.1) is 16.3 Å². The van der Waals surface area contributed by atoms with Crippen molar-refractivity contribution < 1.29 is 18.0 Å². The Hall–Kier alpha value is -3.30. The summed E-state index contributed by atoms with van der Waals surface area (Å²) in [6.07, 6.45) is -3.65. The van der Waals surface area contributed by atoms with Crippen LogP contribution in [0.5, 0.6) is 0 Å². The lowest BCUT2D eigenvalue weighted by Gasteiger charge is -2.17. The molecule has 4 aromatic rings. The van der Waals surface area contributed by atoms with Gasteiger partial charge < -0.3 is 5.32 Å². The summed E-state index contributed by atoms with van der Waals surface area (Å²) in [7, 11) is 0. The second kappa shape index (κ2) is 10.5. The molecule has 0 aliphatic carbocycles. The van der Waals surface area contributed by atoms with E-state index in [-0.39, 0.29) is 10.7 Å². The molecular formula is C25H20ClF3N4OS. The van der Waals surface area contributed by atoms with E-state index in [1.807, 2.05) is 24.3 Å². The predicted octanol–water partition coefficient (Wildman–Crippen LogP) is 7.18. The van der Waals surface area contributed by atoms with E-state index in [1.54, 1.807) is 30.3 Å². The molecule has 10 heteroatoms. The summed E-state index contributed by atoms with van der Waals surface area (Å²) in [6, 6.07) is 19.5. The molecule has 0 bridgehead atoms. The second-order valence-electron chi connectivity index (χ2n) is 7.61. The van der Waals surface area contributed by atoms with Crippen LogP contribution < -0.4 is 5.32 Å². The number of nitrogens with zero attached hydrogens (tertiary/aromatic N) is 2. The van der Waals surface area contributed by atoms with Crippen molar-refractivity contribution in [1.82, 2.24) is 15.2 Å². The number of alkyl halides is 3. The number of thioether (sulfide) groups is 1. The van der Waals surface area contributed by atoms with Gasteiger partial charge in [0.25, 0.3) is 0 Å². The maximum absolute atomic E-state index is 13.2. The molecule has 3 aromatic carbocycles. The van der Waals surface area contributed by atoms with Crippen molar-refractivity contribution in [3.8, 4) is 11.4 Å². The summed E-state index contributed by atoms with van der Waals surface area (Å²) < 4.78 is 39.5. The first-order chi connectivity index (χ1) is 16.7. The molecule has 2 N–H and O–H groups in total. The maximum Gasteiger partial charge on any atom is 0.416 e. The molecule has 5 nitrogen and oxygen atoms in total. The smallest absolute Gasteiger partial charge is 0.323 e. The number of rotatable bonds is 7. The number of carbonyl (C=O) groups excluding carboxylic acids is 1. The molecular weight excluding hydrogens is 497 g/mol. The number of nitrogens with one attached hydrogen (secondary N) is 2. The van der Waals surface area contributed by atoms with Crippen molar-refractivity contribution in [2.45, 2.75) is 29.9 Å². The van der Waals surface area contributed by atoms with Crippen LogP contribution in [0.25, 0.3) is 11.4 Å². The Labute approximate surface area is 209 Å². The molecule has 0 radical (unpaired) electrons. The predicted molar refractivity (Wildman–Crippen MR) is 131 cm³/mol. The highest BCUT2D eigenvalue weighted by atomic mass is 35.5. The summed E-state index contributed by atoms with van der Waals surface area (Å²) >= 11 is 7.15. The average Bonchev–Trinajstić information content (AvgIpc) is 3.32. The van der Waals surface area contributed by atoms with Crippen molar-refractivity contribution in [2.24, 2.45) is 0 Å². The fourth-order valence-electron chi connectivity index (χ4n) is 3.33. The summed E-state index contributed by atoms with van der Waals surface area (Å²) in [5.41, 5.74) is 1.64. The Morgan fingerprint density at radius 2 is 1.80 bits per heavy atom. The van der Waals surface area contributed by atoms with Crippen LogP contribution in [-0.2, 0) is 17.4 Å². The van der Waals surface area contributed by atoms with Gasteiger partial charge in [-0.15, -0.1) is 5.10 Å². The molecule has 35 heavy (non-hydrogen) atoms. The number of aromatic amines is 1. The van der Waals surface area contributed by atoms with Crippen LogP contribution in [0.3, 0.4) is 0 Å².